The maximum atomic E-state index is 4.57. The van der Waals surface area contributed by atoms with E-state index in [2.05, 4.69) is 38.8 Å². The Labute approximate surface area is 104 Å². The molecule has 0 N–H and O–H groups in total. The van der Waals surface area contributed by atoms with Crippen molar-refractivity contribution in [1.82, 2.24) is 18.7 Å². The first-order chi connectivity index (χ1) is 8.25. The van der Waals surface area contributed by atoms with E-state index >= 15 is 0 Å². The molecule has 5 heteroatoms. The summed E-state index contributed by atoms with van der Waals surface area (Å²) in [7, 11) is 4.16. The summed E-state index contributed by atoms with van der Waals surface area (Å²) in [5.41, 5.74) is 2.21. The Bertz CT molecular complexity index is 653. The lowest BCUT2D eigenvalue weighted by atomic mass is 10.3. The highest BCUT2D eigenvalue weighted by Gasteiger charge is 2.11. The molecule has 0 amide bonds. The van der Waals surface area contributed by atoms with Crippen LogP contribution in [-0.4, -0.2) is 39.3 Å². The SMILES string of the molecule is CN(C)CCc1nsc2nc3ccccc3n12. The smallest absolute Gasteiger partial charge is 0.214 e. The van der Waals surface area contributed by atoms with Gasteiger partial charge in [0.25, 0.3) is 0 Å². The second kappa shape index (κ2) is 4.09. The van der Waals surface area contributed by atoms with Crippen LogP contribution in [0.25, 0.3) is 16.0 Å². The molecular weight excluding hydrogens is 232 g/mol. The molecule has 1 aromatic carbocycles. The molecule has 4 nitrogen and oxygen atoms in total. The second-order valence-corrected chi connectivity index (χ2v) is 5.10. The Morgan fingerprint density at radius 1 is 1.29 bits per heavy atom. The minimum Gasteiger partial charge on any atom is -0.309 e. The fraction of sp³-hybridized carbons (Fsp3) is 0.333. The van der Waals surface area contributed by atoms with Gasteiger partial charge in [0, 0.05) is 24.5 Å². The van der Waals surface area contributed by atoms with Gasteiger partial charge >= 0.3 is 0 Å². The number of likely N-dealkylation sites (N-methyl/N-ethyl adjacent to an activating group) is 1. The van der Waals surface area contributed by atoms with Crippen LogP contribution in [0.5, 0.6) is 0 Å². The minimum atomic E-state index is 0.952. The average Bonchev–Trinajstić information content (AvgIpc) is 2.84. The second-order valence-electron chi connectivity index (χ2n) is 4.37. The molecule has 0 aliphatic carbocycles. The lowest BCUT2D eigenvalue weighted by Gasteiger charge is -2.07. The van der Waals surface area contributed by atoms with Gasteiger partial charge in [-0.3, -0.25) is 4.40 Å². The van der Waals surface area contributed by atoms with Crippen molar-refractivity contribution < 1.29 is 0 Å². The zero-order valence-corrected chi connectivity index (χ0v) is 10.7. The fourth-order valence-corrected chi connectivity index (χ4v) is 2.71. The number of fused-ring (bicyclic) bond motifs is 3. The summed E-state index contributed by atoms with van der Waals surface area (Å²) in [5, 5.41) is 0. The van der Waals surface area contributed by atoms with Gasteiger partial charge in [0.15, 0.2) is 0 Å². The molecule has 0 aliphatic heterocycles. The molecule has 0 bridgehead atoms. The van der Waals surface area contributed by atoms with Gasteiger partial charge in [-0.05, 0) is 26.2 Å². The Morgan fingerprint density at radius 2 is 2.12 bits per heavy atom. The fourth-order valence-electron chi connectivity index (χ4n) is 1.93. The molecule has 0 radical (unpaired) electrons. The maximum Gasteiger partial charge on any atom is 0.214 e. The van der Waals surface area contributed by atoms with Crippen molar-refractivity contribution >= 4 is 27.5 Å². The third kappa shape index (κ3) is 1.81. The predicted octanol–water partition coefficient (Wildman–Crippen LogP) is 2.05. The average molecular weight is 246 g/mol. The summed E-state index contributed by atoms with van der Waals surface area (Å²) >= 11 is 1.47. The molecule has 0 fully saturated rings. The van der Waals surface area contributed by atoms with Crippen molar-refractivity contribution in [3.05, 3.63) is 30.1 Å². The van der Waals surface area contributed by atoms with Crippen LogP contribution < -0.4 is 0 Å². The standard InChI is InChI=1S/C12H14N4S/c1-15(2)8-7-11-14-17-12-13-9-5-3-4-6-10(9)16(11)12/h3-6H,7-8H2,1-2H3. The first-order valence-electron chi connectivity index (χ1n) is 5.62. The van der Waals surface area contributed by atoms with Gasteiger partial charge in [0.2, 0.25) is 4.96 Å². The van der Waals surface area contributed by atoms with E-state index in [0.29, 0.717) is 0 Å². The van der Waals surface area contributed by atoms with Gasteiger partial charge in [0.1, 0.15) is 5.82 Å². The highest BCUT2D eigenvalue weighted by Crippen LogP contribution is 2.21. The first kappa shape index (κ1) is 10.7. The van der Waals surface area contributed by atoms with Gasteiger partial charge in [-0.25, -0.2) is 4.98 Å². The van der Waals surface area contributed by atoms with Gasteiger partial charge in [-0.2, -0.15) is 4.37 Å². The minimum absolute atomic E-state index is 0.952. The molecule has 0 unspecified atom stereocenters. The number of benzene rings is 1. The Hall–Kier alpha value is -1.46. The van der Waals surface area contributed by atoms with Crippen LogP contribution in [0, 0.1) is 0 Å². The summed E-state index contributed by atoms with van der Waals surface area (Å²) in [6.07, 6.45) is 0.952. The molecular formula is C12H14N4S. The van der Waals surface area contributed by atoms with Crippen LogP contribution in [0.3, 0.4) is 0 Å². The van der Waals surface area contributed by atoms with Crippen molar-refractivity contribution in [2.24, 2.45) is 0 Å². The number of imidazole rings is 1. The van der Waals surface area contributed by atoms with E-state index in [0.717, 1.165) is 34.8 Å². The maximum absolute atomic E-state index is 4.57. The van der Waals surface area contributed by atoms with E-state index in [4.69, 9.17) is 0 Å². The summed E-state index contributed by atoms with van der Waals surface area (Å²) in [4.78, 5) is 7.73. The number of hydrogen-bond acceptors (Lipinski definition) is 4. The Balaban J connectivity index is 2.12. The summed E-state index contributed by atoms with van der Waals surface area (Å²) in [6.45, 7) is 1.01. The van der Waals surface area contributed by atoms with Gasteiger partial charge in [-0.15, -0.1) is 0 Å². The third-order valence-electron chi connectivity index (χ3n) is 2.80. The molecule has 0 saturated heterocycles. The molecule has 3 aromatic rings. The van der Waals surface area contributed by atoms with E-state index < -0.39 is 0 Å². The van der Waals surface area contributed by atoms with Crippen LogP contribution in [0.1, 0.15) is 5.82 Å². The van der Waals surface area contributed by atoms with E-state index in [1.54, 1.807) is 0 Å². The number of para-hydroxylation sites is 2. The predicted molar refractivity (Wildman–Crippen MR) is 70.6 cm³/mol. The van der Waals surface area contributed by atoms with Crippen LogP contribution in [0.2, 0.25) is 0 Å². The van der Waals surface area contributed by atoms with Gasteiger partial charge in [-0.1, -0.05) is 12.1 Å². The van der Waals surface area contributed by atoms with Crippen molar-refractivity contribution in [3.8, 4) is 0 Å². The summed E-state index contributed by atoms with van der Waals surface area (Å²) < 4.78 is 6.66. The zero-order valence-electron chi connectivity index (χ0n) is 9.92. The largest absolute Gasteiger partial charge is 0.309 e. The first-order valence-corrected chi connectivity index (χ1v) is 6.39. The van der Waals surface area contributed by atoms with Crippen LogP contribution in [0.4, 0.5) is 0 Å². The quantitative estimate of drug-likeness (QED) is 0.709. The normalized spacial score (nSPS) is 11.9. The number of aromatic nitrogens is 3. The summed E-state index contributed by atoms with van der Waals surface area (Å²) in [5.74, 6) is 1.10. The number of hydrogen-bond donors (Lipinski definition) is 0. The monoisotopic (exact) mass is 246 g/mol. The molecule has 0 atom stereocenters. The van der Waals surface area contributed by atoms with Crippen LogP contribution in [0.15, 0.2) is 24.3 Å². The highest BCUT2D eigenvalue weighted by molar-refractivity contribution is 7.11. The number of rotatable bonds is 3. The third-order valence-corrected chi connectivity index (χ3v) is 3.54. The van der Waals surface area contributed by atoms with E-state index in [1.165, 1.54) is 11.5 Å². The molecule has 3 rings (SSSR count). The van der Waals surface area contributed by atoms with E-state index in [1.807, 2.05) is 18.2 Å². The molecule has 0 saturated carbocycles. The van der Waals surface area contributed by atoms with Crippen molar-refractivity contribution in [2.75, 3.05) is 20.6 Å². The number of nitrogens with zero attached hydrogens (tertiary/aromatic N) is 4. The zero-order chi connectivity index (χ0) is 11.8. The molecule has 0 aliphatic rings. The lowest BCUT2D eigenvalue weighted by molar-refractivity contribution is 0.410. The Morgan fingerprint density at radius 3 is 2.94 bits per heavy atom. The van der Waals surface area contributed by atoms with Gasteiger partial charge < -0.3 is 4.90 Å². The lowest BCUT2D eigenvalue weighted by Crippen LogP contribution is -2.16. The van der Waals surface area contributed by atoms with Crippen molar-refractivity contribution in [2.45, 2.75) is 6.42 Å². The van der Waals surface area contributed by atoms with Crippen LogP contribution in [-0.2, 0) is 6.42 Å². The van der Waals surface area contributed by atoms with Crippen LogP contribution >= 0.6 is 11.5 Å². The molecule has 88 valence electrons. The molecule has 0 spiro atoms. The highest BCUT2D eigenvalue weighted by atomic mass is 32.1. The van der Waals surface area contributed by atoms with E-state index in [-0.39, 0.29) is 0 Å². The molecule has 2 heterocycles. The van der Waals surface area contributed by atoms with Crippen molar-refractivity contribution in [1.29, 1.82) is 0 Å². The van der Waals surface area contributed by atoms with Crippen molar-refractivity contribution in [3.63, 3.8) is 0 Å². The van der Waals surface area contributed by atoms with E-state index in [9.17, 15) is 0 Å². The topological polar surface area (TPSA) is 33.4 Å². The van der Waals surface area contributed by atoms with Gasteiger partial charge in [0.05, 0.1) is 11.0 Å². The molecule has 2 aromatic heterocycles. The molecule has 17 heavy (non-hydrogen) atoms. The summed E-state index contributed by atoms with van der Waals surface area (Å²) in [6, 6.07) is 8.21. The Kier molecular flexibility index (Phi) is 2.57.